The monoisotopic (exact) mass is 278 g/mol. The fourth-order valence-corrected chi connectivity index (χ4v) is 1.90. The number of aromatic nitrogens is 1. The number of pyridine rings is 1. The summed E-state index contributed by atoms with van der Waals surface area (Å²) in [5.41, 5.74) is 1.11. The molecule has 0 aliphatic heterocycles. The Morgan fingerprint density at radius 1 is 1.15 bits per heavy atom. The van der Waals surface area contributed by atoms with Crippen molar-refractivity contribution in [3.05, 3.63) is 24.0 Å². The molecule has 0 spiro atoms. The Hall–Kier alpha value is -1.58. The van der Waals surface area contributed by atoms with E-state index in [1.54, 1.807) is 12.3 Å². The molecule has 1 heterocycles. The number of anilines is 1. The average Bonchev–Trinajstić information content (AvgIpc) is 2.38. The third kappa shape index (κ3) is 5.59. The molecule has 0 bridgehead atoms. The topological polar surface area (TPSA) is 53.4 Å². The molecule has 1 aromatic rings. The molecule has 1 N–H and O–H groups in total. The number of carbonyl (C=O) groups is 1. The van der Waals surface area contributed by atoms with Crippen molar-refractivity contribution in [3.8, 4) is 0 Å². The Balaban J connectivity index is 2.76. The molecule has 0 aliphatic rings. The van der Waals surface area contributed by atoms with Crippen molar-refractivity contribution >= 4 is 11.7 Å². The highest BCUT2D eigenvalue weighted by molar-refractivity contribution is 5.85. The largest absolute Gasteiger partial charge is 0.477 e. The van der Waals surface area contributed by atoms with Gasteiger partial charge in [0.1, 0.15) is 5.69 Å². The SMILES string of the molecule is CC(C)CCN(CCC(C)C)c1ccc(C(=O)O)nc1. The summed E-state index contributed by atoms with van der Waals surface area (Å²) in [6.07, 6.45) is 3.92. The Kier molecular flexibility index (Phi) is 6.49. The van der Waals surface area contributed by atoms with Crippen molar-refractivity contribution in [2.75, 3.05) is 18.0 Å². The van der Waals surface area contributed by atoms with E-state index in [1.165, 1.54) is 0 Å². The van der Waals surface area contributed by atoms with Gasteiger partial charge in [0.15, 0.2) is 0 Å². The van der Waals surface area contributed by atoms with Crippen molar-refractivity contribution in [1.29, 1.82) is 0 Å². The molecule has 0 unspecified atom stereocenters. The molecule has 0 fully saturated rings. The van der Waals surface area contributed by atoms with Crippen LogP contribution in [0.1, 0.15) is 51.0 Å². The third-order valence-electron chi connectivity index (χ3n) is 3.28. The molecule has 0 aromatic carbocycles. The lowest BCUT2D eigenvalue weighted by atomic mass is 10.1. The fourth-order valence-electron chi connectivity index (χ4n) is 1.90. The zero-order valence-electron chi connectivity index (χ0n) is 13.0. The Morgan fingerprint density at radius 2 is 1.70 bits per heavy atom. The van der Waals surface area contributed by atoms with Crippen LogP contribution in [0.5, 0.6) is 0 Å². The van der Waals surface area contributed by atoms with E-state index in [4.69, 9.17) is 5.11 Å². The second-order valence-corrected chi connectivity index (χ2v) is 6.06. The van der Waals surface area contributed by atoms with Crippen molar-refractivity contribution in [1.82, 2.24) is 4.98 Å². The lowest BCUT2D eigenvalue weighted by Crippen LogP contribution is -2.27. The first-order valence-electron chi connectivity index (χ1n) is 7.34. The van der Waals surface area contributed by atoms with Gasteiger partial charge in [-0.2, -0.15) is 0 Å². The molecule has 0 amide bonds. The quantitative estimate of drug-likeness (QED) is 0.788. The van der Waals surface area contributed by atoms with Crippen molar-refractivity contribution in [2.45, 2.75) is 40.5 Å². The van der Waals surface area contributed by atoms with Crippen molar-refractivity contribution < 1.29 is 9.90 Å². The lowest BCUT2D eigenvalue weighted by Gasteiger charge is -2.26. The highest BCUT2D eigenvalue weighted by atomic mass is 16.4. The van der Waals surface area contributed by atoms with Crippen LogP contribution in [0, 0.1) is 11.8 Å². The van der Waals surface area contributed by atoms with Gasteiger partial charge in [0.25, 0.3) is 0 Å². The lowest BCUT2D eigenvalue weighted by molar-refractivity contribution is 0.0690. The number of aromatic carboxylic acids is 1. The minimum absolute atomic E-state index is 0.0985. The first-order chi connectivity index (χ1) is 9.40. The van der Waals surface area contributed by atoms with Crippen molar-refractivity contribution in [2.24, 2.45) is 11.8 Å². The molecule has 0 radical (unpaired) electrons. The van der Waals surface area contributed by atoms with Gasteiger partial charge in [-0.15, -0.1) is 0 Å². The van der Waals surface area contributed by atoms with E-state index in [2.05, 4.69) is 37.6 Å². The van der Waals surface area contributed by atoms with E-state index < -0.39 is 5.97 Å². The summed E-state index contributed by atoms with van der Waals surface area (Å²) in [5.74, 6) is 0.332. The summed E-state index contributed by atoms with van der Waals surface area (Å²) in [5, 5.41) is 8.89. The molecule has 4 nitrogen and oxygen atoms in total. The van der Waals surface area contributed by atoms with E-state index in [9.17, 15) is 4.79 Å². The zero-order valence-corrected chi connectivity index (χ0v) is 13.0. The molecule has 4 heteroatoms. The molecule has 0 aliphatic carbocycles. The van der Waals surface area contributed by atoms with Crippen LogP contribution in [0.25, 0.3) is 0 Å². The molecule has 0 saturated carbocycles. The maximum absolute atomic E-state index is 10.8. The number of nitrogens with zero attached hydrogens (tertiary/aromatic N) is 2. The molecule has 112 valence electrons. The number of hydrogen-bond donors (Lipinski definition) is 1. The molecule has 0 saturated heterocycles. The summed E-state index contributed by atoms with van der Waals surface area (Å²) in [6.45, 7) is 10.8. The summed E-state index contributed by atoms with van der Waals surface area (Å²) < 4.78 is 0. The highest BCUT2D eigenvalue weighted by Crippen LogP contribution is 2.17. The molecule has 0 atom stereocenters. The van der Waals surface area contributed by atoms with Gasteiger partial charge in [0.2, 0.25) is 0 Å². The summed E-state index contributed by atoms with van der Waals surface area (Å²) >= 11 is 0. The van der Waals surface area contributed by atoms with Crippen LogP contribution < -0.4 is 4.90 Å². The standard InChI is InChI=1S/C16H26N2O2/c1-12(2)7-9-18(10-8-13(3)4)14-5-6-15(16(19)20)17-11-14/h5-6,11-13H,7-10H2,1-4H3,(H,19,20). The minimum Gasteiger partial charge on any atom is -0.477 e. The fraction of sp³-hybridized carbons (Fsp3) is 0.625. The summed E-state index contributed by atoms with van der Waals surface area (Å²) in [4.78, 5) is 17.2. The van der Waals surface area contributed by atoms with Crippen LogP contribution in [-0.2, 0) is 0 Å². The van der Waals surface area contributed by atoms with Crippen LogP contribution >= 0.6 is 0 Å². The van der Waals surface area contributed by atoms with Gasteiger partial charge in [-0.05, 0) is 36.8 Å². The van der Waals surface area contributed by atoms with Crippen LogP contribution in [0.4, 0.5) is 5.69 Å². The van der Waals surface area contributed by atoms with Crippen LogP contribution in [0.2, 0.25) is 0 Å². The number of hydrogen-bond acceptors (Lipinski definition) is 3. The van der Waals surface area contributed by atoms with Crippen LogP contribution in [-0.4, -0.2) is 29.1 Å². The van der Waals surface area contributed by atoms with Crippen LogP contribution in [0.15, 0.2) is 18.3 Å². The first kappa shape index (κ1) is 16.5. The Labute approximate surface area is 121 Å². The van der Waals surface area contributed by atoms with E-state index in [0.717, 1.165) is 31.6 Å². The van der Waals surface area contributed by atoms with Gasteiger partial charge in [0, 0.05) is 13.1 Å². The van der Waals surface area contributed by atoms with Gasteiger partial charge in [-0.3, -0.25) is 0 Å². The maximum atomic E-state index is 10.8. The normalized spacial score (nSPS) is 11.1. The smallest absolute Gasteiger partial charge is 0.354 e. The number of carboxylic acid groups (broad SMARTS) is 1. The highest BCUT2D eigenvalue weighted by Gasteiger charge is 2.10. The van der Waals surface area contributed by atoms with Gasteiger partial charge in [-0.1, -0.05) is 27.7 Å². The van der Waals surface area contributed by atoms with Crippen LogP contribution in [0.3, 0.4) is 0 Å². The van der Waals surface area contributed by atoms with E-state index in [1.807, 2.05) is 6.07 Å². The molecule has 1 aromatic heterocycles. The second-order valence-electron chi connectivity index (χ2n) is 6.06. The first-order valence-corrected chi connectivity index (χ1v) is 7.34. The van der Waals surface area contributed by atoms with Gasteiger partial charge in [-0.25, -0.2) is 9.78 Å². The van der Waals surface area contributed by atoms with E-state index in [-0.39, 0.29) is 5.69 Å². The number of carboxylic acids is 1. The molecular weight excluding hydrogens is 252 g/mol. The van der Waals surface area contributed by atoms with E-state index in [0.29, 0.717) is 11.8 Å². The number of rotatable bonds is 8. The molecule has 20 heavy (non-hydrogen) atoms. The van der Waals surface area contributed by atoms with Gasteiger partial charge in [0.05, 0.1) is 11.9 Å². The Morgan fingerprint density at radius 3 is 2.05 bits per heavy atom. The van der Waals surface area contributed by atoms with Gasteiger partial charge < -0.3 is 10.0 Å². The molecular formula is C16H26N2O2. The third-order valence-corrected chi connectivity index (χ3v) is 3.28. The average molecular weight is 278 g/mol. The summed E-state index contributed by atoms with van der Waals surface area (Å²) in [7, 11) is 0. The predicted octanol–water partition coefficient (Wildman–Crippen LogP) is 3.68. The molecule has 1 rings (SSSR count). The summed E-state index contributed by atoms with van der Waals surface area (Å²) in [6, 6.07) is 3.44. The zero-order chi connectivity index (χ0) is 15.1. The Bertz CT molecular complexity index is 401. The van der Waals surface area contributed by atoms with Gasteiger partial charge >= 0.3 is 5.97 Å². The second kappa shape index (κ2) is 7.88. The van der Waals surface area contributed by atoms with Crippen molar-refractivity contribution in [3.63, 3.8) is 0 Å². The predicted molar refractivity (Wildman–Crippen MR) is 82.3 cm³/mol. The van der Waals surface area contributed by atoms with E-state index >= 15 is 0 Å². The maximum Gasteiger partial charge on any atom is 0.354 e. The minimum atomic E-state index is -0.979.